The number of halogens is 1. The van der Waals surface area contributed by atoms with E-state index in [1.165, 1.54) is 12.8 Å². The van der Waals surface area contributed by atoms with E-state index < -0.39 is 0 Å². The number of rotatable bonds is 4. The van der Waals surface area contributed by atoms with Crippen LogP contribution in [0.2, 0.25) is 0 Å². The summed E-state index contributed by atoms with van der Waals surface area (Å²) in [5.74, 6) is 1.52. The fourth-order valence-electron chi connectivity index (χ4n) is 2.16. The van der Waals surface area contributed by atoms with E-state index in [0.29, 0.717) is 12.5 Å². The molecule has 1 rings (SSSR count). The fraction of sp³-hybridized carbons (Fsp3) is 0.733. The topological polar surface area (TPSA) is 47.9 Å². The zero-order chi connectivity index (χ0) is 15.1. The van der Waals surface area contributed by atoms with Crippen molar-refractivity contribution in [2.45, 2.75) is 26.7 Å². The molecule has 0 bridgehead atoms. The van der Waals surface area contributed by atoms with Gasteiger partial charge >= 0.3 is 0 Å². The number of nitrogens with zero attached hydrogens (tertiary/aromatic N) is 3. The molecule has 0 aromatic carbocycles. The predicted octanol–water partition coefficient (Wildman–Crippen LogP) is 1.95. The van der Waals surface area contributed by atoms with Crippen molar-refractivity contribution >= 4 is 35.8 Å². The van der Waals surface area contributed by atoms with Crippen LogP contribution < -0.4 is 5.32 Å². The molecule has 6 heteroatoms. The highest BCUT2D eigenvalue weighted by Gasteiger charge is 2.19. The minimum atomic E-state index is 0. The number of carbonyl (C=O) groups is 1. The minimum absolute atomic E-state index is 0. The van der Waals surface area contributed by atoms with Crippen LogP contribution in [0.4, 0.5) is 0 Å². The number of likely N-dealkylation sites (tertiary alicyclic amines) is 1. The number of aliphatic imine (C=N–C) groups is 1. The molecule has 0 saturated carbocycles. The van der Waals surface area contributed by atoms with Crippen molar-refractivity contribution in [2.75, 3.05) is 40.3 Å². The molecule has 0 aliphatic carbocycles. The smallest absolute Gasteiger partial charge is 0.243 e. The lowest BCUT2D eigenvalue weighted by Gasteiger charge is -2.33. The molecule has 1 atom stereocenters. The molecule has 1 amide bonds. The van der Waals surface area contributed by atoms with Crippen molar-refractivity contribution < 1.29 is 4.79 Å². The average molecular weight is 408 g/mol. The molecule has 1 unspecified atom stereocenters. The third-order valence-corrected chi connectivity index (χ3v) is 3.37. The summed E-state index contributed by atoms with van der Waals surface area (Å²) in [6, 6.07) is 0. The summed E-state index contributed by atoms with van der Waals surface area (Å²) in [6.45, 7) is 11.0. The first-order valence-electron chi connectivity index (χ1n) is 7.28. The Hall–Kier alpha value is -0.790. The molecule has 0 aromatic rings. The highest BCUT2D eigenvalue weighted by atomic mass is 127. The molecule has 0 radical (unpaired) electrons. The number of carbonyl (C=O) groups excluding carboxylic acids is 1. The van der Waals surface area contributed by atoms with Crippen molar-refractivity contribution in [1.82, 2.24) is 15.1 Å². The Morgan fingerprint density at radius 1 is 1.48 bits per heavy atom. The van der Waals surface area contributed by atoms with Gasteiger partial charge in [-0.05, 0) is 25.7 Å². The quantitative estimate of drug-likeness (QED) is 0.335. The molecule has 5 nitrogen and oxygen atoms in total. The lowest BCUT2D eigenvalue weighted by molar-refractivity contribution is -0.127. The fourth-order valence-corrected chi connectivity index (χ4v) is 2.16. The molecule has 0 spiro atoms. The van der Waals surface area contributed by atoms with Gasteiger partial charge in [-0.25, -0.2) is 4.99 Å². The van der Waals surface area contributed by atoms with E-state index in [1.807, 2.05) is 6.92 Å². The Labute approximate surface area is 145 Å². The molecule has 1 saturated heterocycles. The van der Waals surface area contributed by atoms with Crippen LogP contribution >= 0.6 is 24.0 Å². The number of hydrogen-bond donors (Lipinski definition) is 1. The zero-order valence-corrected chi connectivity index (χ0v) is 16.0. The molecular formula is C15H29IN4O. The standard InChI is InChI=1S/C15H28N4O.HI/c1-12(2)9-16-15(17-10-14(20)18(4)5)19-8-6-7-13(3)11-19;/h13H,1,6-11H2,2-5H3,(H,16,17);1H. The summed E-state index contributed by atoms with van der Waals surface area (Å²) in [4.78, 5) is 20.0. The monoisotopic (exact) mass is 408 g/mol. The summed E-state index contributed by atoms with van der Waals surface area (Å²) < 4.78 is 0. The van der Waals surface area contributed by atoms with Crippen molar-refractivity contribution in [3.63, 3.8) is 0 Å². The second-order valence-electron chi connectivity index (χ2n) is 5.93. The van der Waals surface area contributed by atoms with E-state index in [9.17, 15) is 4.79 Å². The van der Waals surface area contributed by atoms with Crippen LogP contribution in [0.5, 0.6) is 0 Å². The van der Waals surface area contributed by atoms with Crippen molar-refractivity contribution in [1.29, 1.82) is 0 Å². The summed E-state index contributed by atoms with van der Waals surface area (Å²) in [6.07, 6.45) is 2.44. The van der Waals surface area contributed by atoms with Crippen LogP contribution in [-0.2, 0) is 4.79 Å². The summed E-state index contributed by atoms with van der Waals surface area (Å²) in [5.41, 5.74) is 1.06. The van der Waals surface area contributed by atoms with Crippen LogP contribution in [0.1, 0.15) is 26.7 Å². The van der Waals surface area contributed by atoms with Gasteiger partial charge in [0, 0.05) is 33.7 Å². The van der Waals surface area contributed by atoms with E-state index in [0.717, 1.165) is 24.6 Å². The van der Waals surface area contributed by atoms with Crippen LogP contribution in [0.25, 0.3) is 0 Å². The third-order valence-electron chi connectivity index (χ3n) is 3.37. The number of guanidine groups is 1. The first kappa shape index (κ1) is 20.2. The second kappa shape index (κ2) is 10.0. The molecule has 1 heterocycles. The molecule has 1 aliphatic heterocycles. The van der Waals surface area contributed by atoms with Crippen LogP contribution in [0.3, 0.4) is 0 Å². The second-order valence-corrected chi connectivity index (χ2v) is 5.93. The third kappa shape index (κ3) is 7.68. The first-order chi connectivity index (χ1) is 9.40. The Kier molecular flexibility index (Phi) is 9.65. The molecule has 21 heavy (non-hydrogen) atoms. The highest BCUT2D eigenvalue weighted by molar-refractivity contribution is 14.0. The largest absolute Gasteiger partial charge is 0.353 e. The van der Waals surface area contributed by atoms with Gasteiger partial charge in [-0.3, -0.25) is 4.79 Å². The molecule has 0 aromatic heterocycles. The molecule has 122 valence electrons. The number of nitrogens with one attached hydrogen (secondary N) is 1. The Morgan fingerprint density at radius 3 is 2.67 bits per heavy atom. The Bertz CT molecular complexity index is 382. The van der Waals surface area contributed by atoms with E-state index in [-0.39, 0.29) is 36.4 Å². The maximum Gasteiger partial charge on any atom is 0.243 e. The molecular weight excluding hydrogens is 379 g/mol. The van der Waals surface area contributed by atoms with E-state index >= 15 is 0 Å². The predicted molar refractivity (Wildman–Crippen MR) is 99.2 cm³/mol. The zero-order valence-electron chi connectivity index (χ0n) is 13.7. The van der Waals surface area contributed by atoms with Gasteiger partial charge in [0.05, 0.1) is 0 Å². The van der Waals surface area contributed by atoms with Crippen molar-refractivity contribution in [3.8, 4) is 0 Å². The lowest BCUT2D eigenvalue weighted by atomic mass is 10.0. The molecule has 1 N–H and O–H groups in total. The van der Waals surface area contributed by atoms with Gasteiger partial charge in [-0.15, -0.1) is 24.0 Å². The molecule has 1 aliphatic rings. The van der Waals surface area contributed by atoms with Gasteiger partial charge < -0.3 is 15.1 Å². The Balaban J connectivity index is 0.00000400. The lowest BCUT2D eigenvalue weighted by Crippen LogP contribution is -2.47. The number of piperidine rings is 1. The molecule has 1 fully saturated rings. The maximum atomic E-state index is 11.7. The van der Waals surface area contributed by atoms with Gasteiger partial charge in [0.15, 0.2) is 5.96 Å². The summed E-state index contributed by atoms with van der Waals surface area (Å²) in [7, 11) is 3.50. The SMILES string of the molecule is C=C(C)CNC(=NCC(=O)N(C)C)N1CCCC(C)C1.I. The average Bonchev–Trinajstić information content (AvgIpc) is 2.37. The summed E-state index contributed by atoms with van der Waals surface area (Å²) in [5, 5.41) is 3.31. The number of likely N-dealkylation sites (N-methyl/N-ethyl adjacent to an activating group) is 1. The number of hydrogen-bond acceptors (Lipinski definition) is 2. The minimum Gasteiger partial charge on any atom is -0.353 e. The van der Waals surface area contributed by atoms with E-state index in [1.54, 1.807) is 19.0 Å². The van der Waals surface area contributed by atoms with Gasteiger partial charge in [-0.1, -0.05) is 19.1 Å². The normalized spacial score (nSPS) is 18.8. The summed E-state index contributed by atoms with van der Waals surface area (Å²) >= 11 is 0. The van der Waals surface area contributed by atoms with Crippen molar-refractivity contribution in [2.24, 2.45) is 10.9 Å². The van der Waals surface area contributed by atoms with Gasteiger partial charge in [-0.2, -0.15) is 0 Å². The number of amides is 1. The first-order valence-corrected chi connectivity index (χ1v) is 7.28. The highest BCUT2D eigenvalue weighted by Crippen LogP contribution is 2.15. The van der Waals surface area contributed by atoms with Gasteiger partial charge in [0.2, 0.25) is 5.91 Å². The Morgan fingerprint density at radius 2 is 2.14 bits per heavy atom. The van der Waals surface area contributed by atoms with Crippen LogP contribution in [0, 0.1) is 5.92 Å². The van der Waals surface area contributed by atoms with E-state index in [4.69, 9.17) is 0 Å². The van der Waals surface area contributed by atoms with E-state index in [2.05, 4.69) is 28.7 Å². The maximum absolute atomic E-state index is 11.7. The van der Waals surface area contributed by atoms with Gasteiger partial charge in [0.25, 0.3) is 0 Å². The van der Waals surface area contributed by atoms with Crippen molar-refractivity contribution in [3.05, 3.63) is 12.2 Å². The van der Waals surface area contributed by atoms with Crippen LogP contribution in [0.15, 0.2) is 17.1 Å². The van der Waals surface area contributed by atoms with Crippen LogP contribution in [-0.4, -0.2) is 61.9 Å². The van der Waals surface area contributed by atoms with Gasteiger partial charge in [0.1, 0.15) is 6.54 Å².